The van der Waals surface area contributed by atoms with E-state index in [9.17, 15) is 14.4 Å². The number of rotatable bonds is 2. The summed E-state index contributed by atoms with van der Waals surface area (Å²) in [5.74, 6) is -0.763. The third-order valence-corrected chi connectivity index (χ3v) is 5.04. The molecular weight excluding hydrogens is 324 g/mol. The van der Waals surface area contributed by atoms with Crippen molar-refractivity contribution in [1.82, 2.24) is 4.57 Å². The normalized spacial score (nSPS) is 19.3. The Labute approximate surface area is 145 Å². The molecule has 0 aliphatic carbocycles. The van der Waals surface area contributed by atoms with Crippen LogP contribution in [0.5, 0.6) is 5.75 Å². The first-order valence-electron chi connectivity index (χ1n) is 7.80. The molecule has 132 valence electrons. The van der Waals surface area contributed by atoms with Gasteiger partial charge < -0.3 is 14.4 Å². The zero-order valence-electron chi connectivity index (χ0n) is 15.1. The van der Waals surface area contributed by atoms with Crippen molar-refractivity contribution in [2.45, 2.75) is 26.3 Å². The Morgan fingerprint density at radius 1 is 1.24 bits per heavy atom. The monoisotopic (exact) mass is 344 g/mol. The minimum Gasteiger partial charge on any atom is -0.494 e. The van der Waals surface area contributed by atoms with Gasteiger partial charge in [-0.3, -0.25) is 14.2 Å². The number of hydrogen-bond donors (Lipinski definition) is 0. The van der Waals surface area contributed by atoms with E-state index in [0.717, 1.165) is 5.56 Å². The molecule has 2 heterocycles. The molecular formula is C18H20N2O5. The van der Waals surface area contributed by atoms with Crippen molar-refractivity contribution in [1.29, 1.82) is 0 Å². The van der Waals surface area contributed by atoms with Gasteiger partial charge in [0.15, 0.2) is 5.54 Å². The van der Waals surface area contributed by atoms with Crippen molar-refractivity contribution in [3.8, 4) is 5.75 Å². The average Bonchev–Trinajstić information content (AvgIpc) is 3.02. The number of aryl methyl sites for hydroxylation is 1. The molecule has 1 aromatic heterocycles. The third-order valence-electron chi connectivity index (χ3n) is 5.04. The highest BCUT2D eigenvalue weighted by Crippen LogP contribution is 2.48. The van der Waals surface area contributed by atoms with Crippen molar-refractivity contribution in [2.24, 2.45) is 0 Å². The van der Waals surface area contributed by atoms with E-state index >= 15 is 0 Å². The molecule has 7 heteroatoms. The molecule has 3 rings (SSSR count). The molecule has 7 nitrogen and oxygen atoms in total. The number of hydrogen-bond acceptors (Lipinski definition) is 6. The van der Waals surface area contributed by atoms with E-state index in [0.29, 0.717) is 27.9 Å². The number of benzene rings is 1. The van der Waals surface area contributed by atoms with E-state index in [1.165, 1.54) is 32.6 Å². The van der Waals surface area contributed by atoms with Crippen LogP contribution < -0.4 is 9.64 Å². The molecule has 1 aliphatic heterocycles. The molecule has 0 N–H and O–H groups in total. The maximum atomic E-state index is 13.3. The first-order valence-corrected chi connectivity index (χ1v) is 7.80. The number of carbonyl (C=O) groups is 3. The minimum absolute atomic E-state index is 0.172. The van der Waals surface area contributed by atoms with Gasteiger partial charge in [-0.1, -0.05) is 0 Å². The van der Waals surface area contributed by atoms with Crippen LogP contribution in [0.2, 0.25) is 0 Å². The summed E-state index contributed by atoms with van der Waals surface area (Å²) in [7, 11) is 4.40. The van der Waals surface area contributed by atoms with Crippen LogP contribution in [0.1, 0.15) is 34.6 Å². The Morgan fingerprint density at radius 2 is 1.88 bits per heavy atom. The van der Waals surface area contributed by atoms with Gasteiger partial charge in [-0.05, 0) is 19.4 Å². The number of ketones is 1. The quantitative estimate of drug-likeness (QED) is 0.614. The summed E-state index contributed by atoms with van der Waals surface area (Å²) in [4.78, 5) is 39.2. The Balaban J connectivity index is 2.46. The van der Waals surface area contributed by atoms with E-state index in [4.69, 9.17) is 9.47 Å². The van der Waals surface area contributed by atoms with Crippen LogP contribution in [-0.2, 0) is 9.53 Å². The zero-order chi connectivity index (χ0) is 18.7. The lowest BCUT2D eigenvalue weighted by Crippen LogP contribution is -2.53. The Morgan fingerprint density at radius 3 is 2.40 bits per heavy atom. The summed E-state index contributed by atoms with van der Waals surface area (Å²) in [6.07, 6.45) is 1.69. The van der Waals surface area contributed by atoms with Crippen molar-refractivity contribution < 1.29 is 23.9 Å². The van der Waals surface area contributed by atoms with Gasteiger partial charge in [0.1, 0.15) is 5.75 Å². The Bertz CT molecular complexity index is 943. The largest absolute Gasteiger partial charge is 0.494 e. The van der Waals surface area contributed by atoms with Gasteiger partial charge in [0, 0.05) is 31.6 Å². The van der Waals surface area contributed by atoms with Crippen LogP contribution in [0.4, 0.5) is 5.69 Å². The summed E-state index contributed by atoms with van der Waals surface area (Å²) in [5.41, 5.74) is 0.777. The first-order chi connectivity index (χ1) is 11.7. The molecule has 0 radical (unpaired) electrons. The number of aromatic nitrogens is 1. The lowest BCUT2D eigenvalue weighted by Gasteiger charge is -2.29. The second-order valence-electron chi connectivity index (χ2n) is 6.35. The lowest BCUT2D eigenvalue weighted by molar-refractivity contribution is -0.144. The topological polar surface area (TPSA) is 77.8 Å². The molecule has 1 aliphatic rings. The lowest BCUT2D eigenvalue weighted by atomic mass is 9.93. The summed E-state index contributed by atoms with van der Waals surface area (Å²) >= 11 is 0. The van der Waals surface area contributed by atoms with Crippen LogP contribution in [0.3, 0.4) is 0 Å². The fraction of sp³-hybridized carbons (Fsp3) is 0.389. The number of esters is 1. The molecule has 0 amide bonds. The number of ether oxygens (including phenoxy) is 2. The van der Waals surface area contributed by atoms with Crippen LogP contribution in [0.25, 0.3) is 10.9 Å². The maximum Gasteiger partial charge on any atom is 0.339 e. The highest BCUT2D eigenvalue weighted by molar-refractivity contribution is 6.30. The van der Waals surface area contributed by atoms with Gasteiger partial charge in [-0.15, -0.1) is 0 Å². The second-order valence-corrected chi connectivity index (χ2v) is 6.35. The van der Waals surface area contributed by atoms with Gasteiger partial charge in [0.2, 0.25) is 11.7 Å². The molecule has 25 heavy (non-hydrogen) atoms. The van der Waals surface area contributed by atoms with Gasteiger partial charge in [-0.2, -0.15) is 0 Å². The average molecular weight is 344 g/mol. The van der Waals surface area contributed by atoms with Crippen LogP contribution in [-0.4, -0.2) is 49.0 Å². The number of nitrogens with zero attached hydrogens (tertiary/aromatic N) is 2. The number of methoxy groups -OCH3 is 2. The van der Waals surface area contributed by atoms with E-state index in [-0.39, 0.29) is 11.7 Å². The molecule has 1 aromatic carbocycles. The SMILES string of the molecule is COC(=O)C1(C)C(=O)c2c(c(OC)cc3c2c(C)cn3C(C)=O)N1C. The van der Waals surface area contributed by atoms with Crippen molar-refractivity contribution in [3.05, 3.63) is 23.4 Å². The molecule has 1 unspecified atom stereocenters. The summed E-state index contributed by atoms with van der Waals surface area (Å²) < 4.78 is 11.8. The van der Waals surface area contributed by atoms with Crippen LogP contribution in [0.15, 0.2) is 12.3 Å². The third kappa shape index (κ3) is 1.95. The van der Waals surface area contributed by atoms with E-state index in [1.54, 1.807) is 24.2 Å². The molecule has 0 bridgehead atoms. The Hall–Kier alpha value is -2.83. The fourth-order valence-corrected chi connectivity index (χ4v) is 3.57. The number of fused-ring (bicyclic) bond motifs is 3. The van der Waals surface area contributed by atoms with Crippen LogP contribution >= 0.6 is 0 Å². The maximum absolute atomic E-state index is 13.3. The number of Topliss-reactive ketones (excluding diaryl/α,β-unsaturated/α-hetero) is 1. The standard InChI is InChI=1S/C18H20N2O5/c1-9-8-20(10(2)21)11-7-12(24-5)15-14(13(9)11)16(22)18(3,19(15)4)17(23)25-6/h7-8H,1-6H3. The molecule has 2 aromatic rings. The smallest absolute Gasteiger partial charge is 0.339 e. The minimum atomic E-state index is -1.48. The van der Waals surface area contributed by atoms with Crippen molar-refractivity contribution in [2.75, 3.05) is 26.2 Å². The molecule has 0 spiro atoms. The highest BCUT2D eigenvalue weighted by Gasteiger charge is 2.55. The molecule has 0 saturated carbocycles. The van der Waals surface area contributed by atoms with Crippen LogP contribution in [0, 0.1) is 6.92 Å². The molecule has 1 atom stereocenters. The predicted molar refractivity (Wildman–Crippen MR) is 92.7 cm³/mol. The number of likely N-dealkylation sites (N-methyl/N-ethyl adjacent to an activating group) is 1. The fourth-order valence-electron chi connectivity index (χ4n) is 3.57. The van der Waals surface area contributed by atoms with E-state index < -0.39 is 11.5 Å². The zero-order valence-corrected chi connectivity index (χ0v) is 15.1. The van der Waals surface area contributed by atoms with Gasteiger partial charge in [-0.25, -0.2) is 4.79 Å². The molecule has 0 saturated heterocycles. The van der Waals surface area contributed by atoms with Crippen molar-refractivity contribution >= 4 is 34.3 Å². The molecule has 0 fully saturated rings. The van der Waals surface area contributed by atoms with E-state index in [1.807, 2.05) is 6.92 Å². The van der Waals surface area contributed by atoms with Gasteiger partial charge >= 0.3 is 5.97 Å². The van der Waals surface area contributed by atoms with Gasteiger partial charge in [0.05, 0.1) is 31.0 Å². The van der Waals surface area contributed by atoms with E-state index in [2.05, 4.69) is 0 Å². The second kappa shape index (κ2) is 5.34. The predicted octanol–water partition coefficient (Wildman–Crippen LogP) is 2.18. The number of carbonyl (C=O) groups excluding carboxylic acids is 3. The first kappa shape index (κ1) is 17.0. The van der Waals surface area contributed by atoms with Crippen molar-refractivity contribution in [3.63, 3.8) is 0 Å². The Kier molecular flexibility index (Phi) is 3.63. The summed E-state index contributed by atoms with van der Waals surface area (Å²) in [6, 6.07) is 1.72. The van der Waals surface area contributed by atoms with Gasteiger partial charge in [0.25, 0.3) is 0 Å². The number of anilines is 1. The summed E-state index contributed by atoms with van der Waals surface area (Å²) in [6.45, 7) is 4.81. The highest BCUT2D eigenvalue weighted by atomic mass is 16.5. The summed E-state index contributed by atoms with van der Waals surface area (Å²) in [5, 5.41) is 0.649.